The van der Waals surface area contributed by atoms with E-state index in [9.17, 15) is 30.7 Å². The van der Waals surface area contributed by atoms with Crippen molar-refractivity contribution in [3.63, 3.8) is 0 Å². The summed E-state index contributed by atoms with van der Waals surface area (Å²) in [5, 5.41) is 0. The normalized spacial score (nSPS) is 14.6. The molecule has 0 atom stereocenters. The zero-order chi connectivity index (χ0) is 13.7. The molecule has 0 aromatic carbocycles. The summed E-state index contributed by atoms with van der Waals surface area (Å²) in [6.07, 6.45) is -3.94. The van der Waals surface area contributed by atoms with Crippen LogP contribution in [0.2, 0.25) is 0 Å². The van der Waals surface area contributed by atoms with Gasteiger partial charge in [-0.2, -0.15) is 30.7 Å². The fourth-order valence-electron chi connectivity index (χ4n) is 1.04. The van der Waals surface area contributed by atoms with Gasteiger partial charge in [0.05, 0.1) is 0 Å². The highest BCUT2D eigenvalue weighted by Gasteiger charge is 2.71. The molecule has 0 fully saturated rings. The molecule has 0 rings (SSSR count). The van der Waals surface area contributed by atoms with Gasteiger partial charge in [-0.3, -0.25) is 0 Å². The molecule has 17 heavy (non-hydrogen) atoms. The summed E-state index contributed by atoms with van der Waals surface area (Å²) < 4.78 is 85.1. The third-order valence-corrected chi connectivity index (χ3v) is 2.08. The molecule has 0 N–H and O–H groups in total. The maximum Gasteiger partial charge on any atom is 0.460 e. The van der Waals surface area contributed by atoms with E-state index in [1.165, 1.54) is 0 Å². The van der Waals surface area contributed by atoms with E-state index in [0.717, 1.165) is 6.42 Å². The smallest absolute Gasteiger partial charge is 0.195 e. The molecule has 102 valence electrons. The Morgan fingerprint density at radius 1 is 0.882 bits per heavy atom. The third kappa shape index (κ3) is 4.20. The van der Waals surface area contributed by atoms with Gasteiger partial charge in [0.2, 0.25) is 0 Å². The standard InChI is InChI=1S/C10H13F7/c1-2-3-4-5-6-7-8(11,12)9(13,14)10(15,16)17/h6-7H,2-5H2,1H3. The van der Waals surface area contributed by atoms with Crippen molar-refractivity contribution in [2.45, 2.75) is 50.6 Å². The van der Waals surface area contributed by atoms with Crippen molar-refractivity contribution in [2.24, 2.45) is 0 Å². The first-order chi connectivity index (χ1) is 7.56. The lowest BCUT2D eigenvalue weighted by Gasteiger charge is -2.25. The predicted molar refractivity (Wildman–Crippen MR) is 49.2 cm³/mol. The molecule has 0 aliphatic carbocycles. The van der Waals surface area contributed by atoms with Crippen LogP contribution in [0.15, 0.2) is 12.2 Å². The number of hydrogen-bond donors (Lipinski definition) is 0. The summed E-state index contributed by atoms with van der Waals surface area (Å²) in [6, 6.07) is 0. The van der Waals surface area contributed by atoms with Crippen molar-refractivity contribution in [1.82, 2.24) is 0 Å². The number of allylic oxidation sites excluding steroid dienone is 2. The average molecular weight is 266 g/mol. The fourth-order valence-corrected chi connectivity index (χ4v) is 1.04. The third-order valence-electron chi connectivity index (χ3n) is 2.08. The molecule has 0 radical (unpaired) electrons. The van der Waals surface area contributed by atoms with Crippen LogP contribution in [0.5, 0.6) is 0 Å². The summed E-state index contributed by atoms with van der Waals surface area (Å²) in [5.41, 5.74) is 0. The number of alkyl halides is 7. The van der Waals surface area contributed by atoms with Crippen LogP contribution in [0.1, 0.15) is 32.6 Å². The SMILES string of the molecule is CCCCCC=CC(F)(F)C(F)(F)C(F)(F)F. The second kappa shape index (κ2) is 5.73. The first-order valence-electron chi connectivity index (χ1n) is 5.06. The van der Waals surface area contributed by atoms with Gasteiger partial charge in [0, 0.05) is 0 Å². The predicted octanol–water partition coefficient (Wildman–Crippen LogP) is 4.96. The highest BCUT2D eigenvalue weighted by Crippen LogP contribution is 2.47. The average Bonchev–Trinajstić information content (AvgIpc) is 2.15. The highest BCUT2D eigenvalue weighted by atomic mass is 19.4. The molecule has 0 nitrogen and oxygen atoms in total. The maximum absolute atomic E-state index is 12.6. The molecular weight excluding hydrogens is 253 g/mol. The molecule has 0 spiro atoms. The van der Waals surface area contributed by atoms with Crippen LogP contribution < -0.4 is 0 Å². The number of hydrogen-bond acceptors (Lipinski definition) is 0. The van der Waals surface area contributed by atoms with Gasteiger partial charge < -0.3 is 0 Å². The van der Waals surface area contributed by atoms with Gasteiger partial charge in [-0.05, 0) is 18.9 Å². The summed E-state index contributed by atoms with van der Waals surface area (Å²) in [6.45, 7) is 1.84. The van der Waals surface area contributed by atoms with Gasteiger partial charge in [-0.1, -0.05) is 25.8 Å². The number of unbranched alkanes of at least 4 members (excludes halogenated alkanes) is 3. The van der Waals surface area contributed by atoms with Crippen LogP contribution in [-0.4, -0.2) is 18.0 Å². The molecule has 0 unspecified atom stereocenters. The van der Waals surface area contributed by atoms with E-state index in [0.29, 0.717) is 18.9 Å². The zero-order valence-corrected chi connectivity index (χ0v) is 9.13. The molecule has 0 amide bonds. The Hall–Kier alpha value is -0.750. The second-order valence-electron chi connectivity index (χ2n) is 3.59. The first-order valence-corrected chi connectivity index (χ1v) is 5.06. The molecule has 0 saturated heterocycles. The van der Waals surface area contributed by atoms with Crippen LogP contribution in [0, 0.1) is 0 Å². The summed E-state index contributed by atoms with van der Waals surface area (Å²) in [5.74, 6) is -11.3. The molecule has 0 aromatic heterocycles. The van der Waals surface area contributed by atoms with E-state index in [1.54, 1.807) is 0 Å². The van der Waals surface area contributed by atoms with Crippen LogP contribution in [0.3, 0.4) is 0 Å². The van der Waals surface area contributed by atoms with E-state index < -0.39 is 18.0 Å². The van der Waals surface area contributed by atoms with E-state index in [2.05, 4.69) is 0 Å². The Bertz CT molecular complexity index is 252. The number of rotatable bonds is 6. The highest BCUT2D eigenvalue weighted by molar-refractivity contribution is 5.05. The number of halogens is 7. The topological polar surface area (TPSA) is 0 Å². The monoisotopic (exact) mass is 266 g/mol. The zero-order valence-electron chi connectivity index (χ0n) is 9.13. The lowest BCUT2D eigenvalue weighted by molar-refractivity contribution is -0.341. The quantitative estimate of drug-likeness (QED) is 0.362. The van der Waals surface area contributed by atoms with Gasteiger partial charge >= 0.3 is 18.0 Å². The Labute approximate surface area is 94.5 Å². The minimum atomic E-state index is -6.26. The molecule has 0 heterocycles. The van der Waals surface area contributed by atoms with Gasteiger partial charge in [0.25, 0.3) is 0 Å². The van der Waals surface area contributed by atoms with Crippen LogP contribution in [-0.2, 0) is 0 Å². The van der Waals surface area contributed by atoms with Crippen molar-refractivity contribution in [1.29, 1.82) is 0 Å². The minimum Gasteiger partial charge on any atom is -0.195 e. The molecule has 0 aliphatic heterocycles. The lowest BCUT2D eigenvalue weighted by Crippen LogP contribution is -2.50. The van der Waals surface area contributed by atoms with E-state index >= 15 is 0 Å². The van der Waals surface area contributed by atoms with Gasteiger partial charge in [-0.15, -0.1) is 0 Å². The Kier molecular flexibility index (Phi) is 5.48. The van der Waals surface area contributed by atoms with E-state index in [1.807, 2.05) is 6.92 Å². The Morgan fingerprint density at radius 2 is 1.41 bits per heavy atom. The van der Waals surface area contributed by atoms with Crippen LogP contribution in [0.25, 0.3) is 0 Å². The Balaban J connectivity index is 4.56. The van der Waals surface area contributed by atoms with Gasteiger partial charge in [0.15, 0.2) is 0 Å². The molecule has 0 saturated carbocycles. The van der Waals surface area contributed by atoms with Crippen molar-refractivity contribution in [3.8, 4) is 0 Å². The van der Waals surface area contributed by atoms with E-state index in [4.69, 9.17) is 0 Å². The molecule has 0 aromatic rings. The summed E-state index contributed by atoms with van der Waals surface area (Å²) in [4.78, 5) is 0. The van der Waals surface area contributed by atoms with Crippen LogP contribution >= 0.6 is 0 Å². The summed E-state index contributed by atoms with van der Waals surface area (Å²) in [7, 11) is 0. The largest absolute Gasteiger partial charge is 0.460 e. The minimum absolute atomic E-state index is 0.0529. The van der Waals surface area contributed by atoms with Crippen molar-refractivity contribution in [3.05, 3.63) is 12.2 Å². The van der Waals surface area contributed by atoms with Crippen molar-refractivity contribution < 1.29 is 30.7 Å². The first kappa shape index (κ1) is 16.2. The van der Waals surface area contributed by atoms with Crippen molar-refractivity contribution in [2.75, 3.05) is 0 Å². The summed E-state index contributed by atoms with van der Waals surface area (Å²) >= 11 is 0. The molecule has 0 aliphatic rings. The second-order valence-corrected chi connectivity index (χ2v) is 3.59. The lowest BCUT2D eigenvalue weighted by atomic mass is 10.1. The fraction of sp³-hybridized carbons (Fsp3) is 0.800. The molecule has 7 heteroatoms. The molecular formula is C10H13F7. The van der Waals surface area contributed by atoms with Gasteiger partial charge in [0.1, 0.15) is 0 Å². The van der Waals surface area contributed by atoms with E-state index in [-0.39, 0.29) is 12.5 Å². The van der Waals surface area contributed by atoms with Crippen molar-refractivity contribution >= 4 is 0 Å². The Morgan fingerprint density at radius 3 is 1.82 bits per heavy atom. The maximum atomic E-state index is 12.6. The van der Waals surface area contributed by atoms with Gasteiger partial charge in [-0.25, -0.2) is 0 Å². The van der Waals surface area contributed by atoms with Crippen LogP contribution in [0.4, 0.5) is 30.7 Å². The molecule has 0 bridgehead atoms.